The third-order valence-corrected chi connectivity index (χ3v) is 5.40. The van der Waals surface area contributed by atoms with Crippen LogP contribution in [-0.4, -0.2) is 37.5 Å². The molecule has 0 spiro atoms. The zero-order chi connectivity index (χ0) is 19.1. The van der Waals surface area contributed by atoms with Crippen molar-refractivity contribution >= 4 is 11.5 Å². The van der Waals surface area contributed by atoms with E-state index in [1.807, 2.05) is 24.1 Å². The van der Waals surface area contributed by atoms with Gasteiger partial charge in [0.25, 0.3) is 0 Å². The fourth-order valence-corrected chi connectivity index (χ4v) is 3.90. The molecule has 2 atom stereocenters. The number of rotatable bonds is 6. The Morgan fingerprint density at radius 3 is 2.81 bits per heavy atom. The van der Waals surface area contributed by atoms with Crippen LogP contribution in [0, 0.1) is 11.8 Å². The van der Waals surface area contributed by atoms with Gasteiger partial charge in [-0.25, -0.2) is 0 Å². The minimum absolute atomic E-state index is 0.0661. The predicted octanol–water partition coefficient (Wildman–Crippen LogP) is 3.11. The Labute approximate surface area is 162 Å². The number of likely N-dealkylation sites (tertiary alicyclic amines) is 1. The van der Waals surface area contributed by atoms with Crippen LogP contribution in [0.3, 0.4) is 0 Å². The predicted molar refractivity (Wildman–Crippen MR) is 112 cm³/mol. The highest BCUT2D eigenvalue weighted by Gasteiger charge is 2.34. The summed E-state index contributed by atoms with van der Waals surface area (Å²) >= 11 is 0. The summed E-state index contributed by atoms with van der Waals surface area (Å²) in [5, 5.41) is 3.04. The van der Waals surface area contributed by atoms with Crippen LogP contribution in [0.4, 0.5) is 0 Å². The van der Waals surface area contributed by atoms with Crippen molar-refractivity contribution in [1.29, 1.82) is 0 Å². The van der Waals surface area contributed by atoms with Gasteiger partial charge in [0.05, 0.1) is 0 Å². The normalized spacial score (nSPS) is 23.1. The molecular weight excluding hydrogens is 334 g/mol. The Bertz CT molecular complexity index is 761. The molecule has 1 saturated heterocycles. The third-order valence-electron chi connectivity index (χ3n) is 5.40. The van der Waals surface area contributed by atoms with Gasteiger partial charge < -0.3 is 16.0 Å². The number of benzene rings is 1. The van der Waals surface area contributed by atoms with E-state index in [4.69, 9.17) is 5.73 Å². The van der Waals surface area contributed by atoms with E-state index in [1.54, 1.807) is 12.2 Å². The topological polar surface area (TPSA) is 58.4 Å². The molecule has 142 valence electrons. The van der Waals surface area contributed by atoms with Gasteiger partial charge in [-0.05, 0) is 54.5 Å². The molecule has 0 saturated carbocycles. The zero-order valence-corrected chi connectivity index (χ0v) is 16.0. The van der Waals surface area contributed by atoms with Crippen molar-refractivity contribution < 1.29 is 4.79 Å². The Morgan fingerprint density at radius 2 is 2.07 bits per heavy atom. The first-order valence-corrected chi connectivity index (χ1v) is 9.67. The van der Waals surface area contributed by atoms with Crippen LogP contribution in [-0.2, 0) is 4.79 Å². The number of amides is 1. The van der Waals surface area contributed by atoms with E-state index in [2.05, 4.69) is 41.7 Å². The molecule has 1 aromatic carbocycles. The summed E-state index contributed by atoms with van der Waals surface area (Å²) < 4.78 is 0. The Hall–Kier alpha value is -2.59. The van der Waals surface area contributed by atoms with Crippen molar-refractivity contribution in [1.82, 2.24) is 10.2 Å². The number of hydrogen-bond acceptors (Lipinski definition) is 3. The van der Waals surface area contributed by atoms with Crippen LogP contribution < -0.4 is 11.1 Å². The number of allylic oxidation sites excluding steroid dienone is 4. The maximum absolute atomic E-state index is 12.6. The summed E-state index contributed by atoms with van der Waals surface area (Å²) in [6, 6.07) is 10.6. The van der Waals surface area contributed by atoms with Gasteiger partial charge in [-0.3, -0.25) is 4.79 Å². The third kappa shape index (κ3) is 4.98. The van der Waals surface area contributed by atoms with E-state index in [0.29, 0.717) is 11.8 Å². The summed E-state index contributed by atoms with van der Waals surface area (Å²) in [5.41, 5.74) is 9.22. The maximum Gasteiger partial charge on any atom is 0.246 e. The summed E-state index contributed by atoms with van der Waals surface area (Å²) in [7, 11) is 1.89. The van der Waals surface area contributed by atoms with Gasteiger partial charge in [-0.2, -0.15) is 0 Å². The fraction of sp³-hybridized carbons (Fsp3) is 0.348. The van der Waals surface area contributed by atoms with Crippen molar-refractivity contribution in [3.63, 3.8) is 0 Å². The molecule has 1 amide bonds. The number of carbonyl (C=O) groups excluding carboxylic acids is 1. The second kappa shape index (κ2) is 9.38. The number of fused-ring (bicyclic) bond motifs is 1. The van der Waals surface area contributed by atoms with Crippen molar-refractivity contribution in [2.75, 3.05) is 26.7 Å². The molecule has 0 aromatic heterocycles. The average molecular weight is 364 g/mol. The Morgan fingerprint density at radius 1 is 1.26 bits per heavy atom. The monoisotopic (exact) mass is 363 g/mol. The van der Waals surface area contributed by atoms with Crippen LogP contribution >= 0.6 is 0 Å². The largest absolute Gasteiger partial charge is 0.404 e. The molecule has 1 fully saturated rings. The first kappa shape index (κ1) is 19.2. The number of carbonyl (C=O) groups is 1. The molecule has 0 radical (unpaired) electrons. The standard InChI is InChI=1S/C23H29N3O/c1-25-12-5-6-18(16-24)9-10-23(27)26-13-11-20-14-21(15-22(20)17-26)19-7-3-2-4-8-19/h2-10,15-16,20,22,25H,11-14,17,24H2,1H3/b6-5-,10-9+,18-16+. The number of piperidine rings is 1. The van der Waals surface area contributed by atoms with Crippen LogP contribution in [0.15, 0.2) is 72.5 Å². The zero-order valence-electron chi connectivity index (χ0n) is 16.0. The van der Waals surface area contributed by atoms with Gasteiger partial charge in [0.1, 0.15) is 0 Å². The summed E-state index contributed by atoms with van der Waals surface area (Å²) in [6.45, 7) is 2.41. The quantitative estimate of drug-likeness (QED) is 0.603. The van der Waals surface area contributed by atoms with Gasteiger partial charge in [-0.1, -0.05) is 48.6 Å². The van der Waals surface area contributed by atoms with E-state index >= 15 is 0 Å². The van der Waals surface area contributed by atoms with Crippen LogP contribution in [0.25, 0.3) is 5.57 Å². The van der Waals surface area contributed by atoms with Crippen LogP contribution in [0.1, 0.15) is 18.4 Å². The SMILES string of the molecule is CNC\C=C/C(/C=C/C(=O)N1CCC2CC(c3ccccc3)=CC2C1)=C\N. The second-order valence-corrected chi connectivity index (χ2v) is 7.22. The first-order valence-electron chi connectivity index (χ1n) is 9.67. The Kier molecular flexibility index (Phi) is 6.66. The van der Waals surface area contributed by atoms with Gasteiger partial charge >= 0.3 is 0 Å². The smallest absolute Gasteiger partial charge is 0.246 e. The van der Waals surface area contributed by atoms with Crippen molar-refractivity contribution in [3.8, 4) is 0 Å². The lowest BCUT2D eigenvalue weighted by molar-refractivity contribution is -0.128. The molecule has 3 rings (SSSR count). The number of nitrogens with one attached hydrogen (secondary N) is 1. The minimum Gasteiger partial charge on any atom is -0.404 e. The highest BCUT2D eigenvalue weighted by Crippen LogP contribution is 2.40. The molecular formula is C23H29N3O. The lowest BCUT2D eigenvalue weighted by Crippen LogP contribution is -2.41. The summed E-state index contributed by atoms with van der Waals surface area (Å²) in [4.78, 5) is 14.6. The number of nitrogens with zero attached hydrogens (tertiary/aromatic N) is 1. The van der Waals surface area contributed by atoms with Crippen molar-refractivity contribution in [2.45, 2.75) is 12.8 Å². The molecule has 1 aromatic rings. The molecule has 4 heteroatoms. The number of nitrogens with two attached hydrogens (primary N) is 1. The average Bonchev–Trinajstić information content (AvgIpc) is 3.14. The van der Waals surface area contributed by atoms with Gasteiger partial charge in [0, 0.05) is 31.9 Å². The molecule has 0 bridgehead atoms. The highest BCUT2D eigenvalue weighted by atomic mass is 16.2. The van der Waals surface area contributed by atoms with Crippen molar-refractivity contribution in [2.24, 2.45) is 17.6 Å². The van der Waals surface area contributed by atoms with E-state index < -0.39 is 0 Å². The van der Waals surface area contributed by atoms with Crippen LogP contribution in [0.5, 0.6) is 0 Å². The highest BCUT2D eigenvalue weighted by molar-refractivity contribution is 5.88. The molecule has 2 unspecified atom stereocenters. The number of hydrogen-bond donors (Lipinski definition) is 2. The second-order valence-electron chi connectivity index (χ2n) is 7.22. The molecule has 1 aliphatic heterocycles. The summed E-state index contributed by atoms with van der Waals surface area (Å²) in [5.74, 6) is 1.19. The minimum atomic E-state index is 0.0661. The van der Waals surface area contributed by atoms with Gasteiger partial charge in [0.2, 0.25) is 5.91 Å². The maximum atomic E-state index is 12.6. The fourth-order valence-electron chi connectivity index (χ4n) is 3.90. The lowest BCUT2D eigenvalue weighted by Gasteiger charge is -2.34. The van der Waals surface area contributed by atoms with E-state index in [0.717, 1.165) is 38.0 Å². The summed E-state index contributed by atoms with van der Waals surface area (Å²) in [6.07, 6.45) is 13.4. The lowest BCUT2D eigenvalue weighted by atomic mass is 9.87. The van der Waals surface area contributed by atoms with Crippen molar-refractivity contribution in [3.05, 3.63) is 78.0 Å². The molecule has 4 nitrogen and oxygen atoms in total. The number of likely N-dealkylation sites (N-methyl/N-ethyl adjacent to an activating group) is 1. The van der Waals surface area contributed by atoms with E-state index in [-0.39, 0.29) is 5.91 Å². The molecule has 1 aliphatic carbocycles. The van der Waals surface area contributed by atoms with E-state index in [1.165, 1.54) is 17.3 Å². The molecule has 3 N–H and O–H groups in total. The molecule has 1 heterocycles. The van der Waals surface area contributed by atoms with Gasteiger partial charge in [0.15, 0.2) is 0 Å². The van der Waals surface area contributed by atoms with E-state index in [9.17, 15) is 4.79 Å². The molecule has 2 aliphatic rings. The first-order chi connectivity index (χ1) is 13.2. The molecule has 27 heavy (non-hydrogen) atoms. The van der Waals surface area contributed by atoms with Gasteiger partial charge in [-0.15, -0.1) is 0 Å². The Balaban J connectivity index is 1.60. The van der Waals surface area contributed by atoms with Crippen LogP contribution in [0.2, 0.25) is 0 Å².